The molecule has 0 radical (unpaired) electrons. The number of rotatable bonds is 3. The molecule has 0 fully saturated rings. The third-order valence-corrected chi connectivity index (χ3v) is 3.72. The summed E-state index contributed by atoms with van der Waals surface area (Å²) in [5.41, 5.74) is 9.20. The summed E-state index contributed by atoms with van der Waals surface area (Å²) in [5, 5.41) is 4.67. The molecule has 0 aliphatic carbocycles. The Kier molecular flexibility index (Phi) is 2.99. The fourth-order valence-electron chi connectivity index (χ4n) is 2.57. The van der Waals surface area contributed by atoms with Crippen molar-refractivity contribution in [2.45, 2.75) is 32.4 Å². The number of hydrogen-bond donors (Lipinski definition) is 3. The van der Waals surface area contributed by atoms with E-state index in [-0.39, 0.29) is 5.60 Å². The van der Waals surface area contributed by atoms with Gasteiger partial charge in [-0.25, -0.2) is 0 Å². The van der Waals surface area contributed by atoms with Gasteiger partial charge in [0.05, 0.1) is 5.52 Å². The lowest BCUT2D eigenvalue weighted by atomic mass is 10.1. The number of ether oxygens (including phenoxy) is 1. The topological polar surface area (TPSA) is 63.1 Å². The molecule has 2 aromatic rings. The van der Waals surface area contributed by atoms with Gasteiger partial charge in [0.15, 0.2) is 0 Å². The van der Waals surface area contributed by atoms with E-state index in [2.05, 4.69) is 16.4 Å². The molecule has 0 atom stereocenters. The van der Waals surface area contributed by atoms with Gasteiger partial charge in [-0.3, -0.25) is 0 Å². The highest BCUT2D eigenvalue weighted by Crippen LogP contribution is 2.32. The van der Waals surface area contributed by atoms with E-state index in [0.29, 0.717) is 6.54 Å². The summed E-state index contributed by atoms with van der Waals surface area (Å²) < 4.78 is 6.07. The molecule has 1 aliphatic heterocycles. The second-order valence-electron chi connectivity index (χ2n) is 5.75. The third kappa shape index (κ3) is 2.22. The molecule has 102 valence electrons. The molecule has 4 heteroatoms. The van der Waals surface area contributed by atoms with Gasteiger partial charge in [0, 0.05) is 37.1 Å². The van der Waals surface area contributed by atoms with Crippen LogP contribution in [-0.4, -0.2) is 23.7 Å². The van der Waals surface area contributed by atoms with Gasteiger partial charge in [-0.05, 0) is 25.5 Å². The van der Waals surface area contributed by atoms with Crippen LogP contribution in [0.2, 0.25) is 0 Å². The molecule has 4 nitrogen and oxygen atoms in total. The maximum atomic E-state index is 6.07. The van der Waals surface area contributed by atoms with Gasteiger partial charge in [0.25, 0.3) is 0 Å². The first kappa shape index (κ1) is 12.5. The van der Waals surface area contributed by atoms with Gasteiger partial charge in [0.2, 0.25) is 0 Å². The van der Waals surface area contributed by atoms with Crippen molar-refractivity contribution in [1.29, 1.82) is 0 Å². The van der Waals surface area contributed by atoms with Gasteiger partial charge >= 0.3 is 0 Å². The van der Waals surface area contributed by atoms with Crippen LogP contribution < -0.4 is 15.8 Å². The van der Waals surface area contributed by atoms with Crippen LogP contribution in [-0.2, 0) is 13.0 Å². The molecule has 0 spiro atoms. The smallest absolute Gasteiger partial charge is 0.144 e. The summed E-state index contributed by atoms with van der Waals surface area (Å²) in [5.74, 6) is 0.891. The molecule has 3 rings (SSSR count). The first-order valence-electron chi connectivity index (χ1n) is 6.83. The van der Waals surface area contributed by atoms with Crippen LogP contribution in [0.15, 0.2) is 18.2 Å². The second-order valence-corrected chi connectivity index (χ2v) is 5.75. The minimum Gasteiger partial charge on any atom is -0.484 e. The molecule has 0 saturated heterocycles. The van der Waals surface area contributed by atoms with Crippen LogP contribution in [0.5, 0.6) is 5.75 Å². The van der Waals surface area contributed by atoms with E-state index in [1.54, 1.807) is 0 Å². The number of aromatic amines is 1. The first-order chi connectivity index (χ1) is 9.11. The molecule has 1 aliphatic rings. The highest BCUT2D eigenvalue weighted by molar-refractivity contribution is 5.89. The van der Waals surface area contributed by atoms with E-state index < -0.39 is 0 Å². The maximum Gasteiger partial charge on any atom is 0.144 e. The molecular formula is C15H21N3O. The van der Waals surface area contributed by atoms with E-state index in [1.807, 2.05) is 26.0 Å². The molecule has 0 saturated carbocycles. The molecular weight excluding hydrogens is 238 g/mol. The molecule has 19 heavy (non-hydrogen) atoms. The molecule has 0 bridgehead atoms. The lowest BCUT2D eigenvalue weighted by Crippen LogP contribution is -2.37. The van der Waals surface area contributed by atoms with Gasteiger partial charge in [-0.2, -0.15) is 0 Å². The number of hydrogen-bond acceptors (Lipinski definition) is 3. The quantitative estimate of drug-likeness (QED) is 0.789. The Morgan fingerprint density at radius 2 is 2.21 bits per heavy atom. The predicted molar refractivity (Wildman–Crippen MR) is 77.5 cm³/mol. The largest absolute Gasteiger partial charge is 0.484 e. The summed E-state index contributed by atoms with van der Waals surface area (Å²) in [7, 11) is 0. The molecule has 0 amide bonds. The highest BCUT2D eigenvalue weighted by Gasteiger charge is 2.21. The van der Waals surface area contributed by atoms with E-state index in [1.165, 1.54) is 16.6 Å². The number of nitrogens with one attached hydrogen (secondary N) is 2. The van der Waals surface area contributed by atoms with Gasteiger partial charge in [-0.1, -0.05) is 12.1 Å². The minimum atomic E-state index is -0.349. The Labute approximate surface area is 113 Å². The molecule has 4 N–H and O–H groups in total. The van der Waals surface area contributed by atoms with Crippen molar-refractivity contribution in [1.82, 2.24) is 10.3 Å². The van der Waals surface area contributed by atoms with Crippen LogP contribution in [0.4, 0.5) is 0 Å². The third-order valence-electron chi connectivity index (χ3n) is 3.72. The Hall–Kier alpha value is -1.52. The fraction of sp³-hybridized carbons (Fsp3) is 0.467. The second kappa shape index (κ2) is 4.54. The Balaban J connectivity index is 2.08. The monoisotopic (exact) mass is 259 g/mol. The van der Waals surface area contributed by atoms with Crippen molar-refractivity contribution < 1.29 is 4.74 Å². The normalized spacial score (nSPS) is 15.5. The van der Waals surface area contributed by atoms with Crippen molar-refractivity contribution in [2.24, 2.45) is 5.73 Å². The van der Waals surface area contributed by atoms with Crippen molar-refractivity contribution >= 4 is 10.9 Å². The van der Waals surface area contributed by atoms with Gasteiger partial charge in [0.1, 0.15) is 11.4 Å². The van der Waals surface area contributed by atoms with Crippen molar-refractivity contribution in [3.05, 3.63) is 29.5 Å². The summed E-state index contributed by atoms with van der Waals surface area (Å²) in [6.45, 7) is 6.47. The van der Waals surface area contributed by atoms with Crippen LogP contribution in [0.3, 0.4) is 0 Å². The van der Waals surface area contributed by atoms with E-state index in [9.17, 15) is 0 Å². The van der Waals surface area contributed by atoms with Crippen LogP contribution in [0.25, 0.3) is 10.9 Å². The van der Waals surface area contributed by atoms with Crippen LogP contribution >= 0.6 is 0 Å². The molecule has 0 unspecified atom stereocenters. The zero-order chi connectivity index (χ0) is 13.5. The molecule has 2 heterocycles. The summed E-state index contributed by atoms with van der Waals surface area (Å²) in [4.78, 5) is 3.53. The molecule has 1 aromatic carbocycles. The number of nitrogens with two attached hydrogens (primary N) is 1. The van der Waals surface area contributed by atoms with E-state index in [0.717, 1.165) is 30.8 Å². The Morgan fingerprint density at radius 1 is 1.37 bits per heavy atom. The minimum absolute atomic E-state index is 0.349. The average Bonchev–Trinajstić information content (AvgIpc) is 2.78. The lowest BCUT2D eigenvalue weighted by molar-refractivity contribution is 0.120. The maximum absolute atomic E-state index is 6.07. The highest BCUT2D eigenvalue weighted by atomic mass is 16.5. The zero-order valence-electron chi connectivity index (χ0n) is 11.5. The average molecular weight is 259 g/mol. The number of para-hydroxylation sites is 1. The van der Waals surface area contributed by atoms with Crippen molar-refractivity contribution in [2.75, 3.05) is 13.1 Å². The predicted octanol–water partition coefficient (Wildman–Crippen LogP) is 1.93. The number of aromatic nitrogens is 1. The molecule has 1 aromatic heterocycles. The van der Waals surface area contributed by atoms with Crippen molar-refractivity contribution in [3.63, 3.8) is 0 Å². The van der Waals surface area contributed by atoms with Crippen LogP contribution in [0, 0.1) is 0 Å². The van der Waals surface area contributed by atoms with E-state index >= 15 is 0 Å². The fourth-order valence-corrected chi connectivity index (χ4v) is 2.57. The Bertz CT molecular complexity index is 601. The van der Waals surface area contributed by atoms with Gasteiger partial charge in [-0.15, -0.1) is 0 Å². The SMILES string of the molecule is CC(C)(CN)Oc1cccc2c3c([nH]c12)CCNC3. The van der Waals surface area contributed by atoms with Gasteiger partial charge < -0.3 is 20.8 Å². The van der Waals surface area contributed by atoms with Crippen molar-refractivity contribution in [3.8, 4) is 5.75 Å². The summed E-state index contributed by atoms with van der Waals surface area (Å²) in [6, 6.07) is 6.21. The number of fused-ring (bicyclic) bond motifs is 3. The zero-order valence-corrected chi connectivity index (χ0v) is 11.5. The standard InChI is InChI=1S/C15H21N3O/c1-15(2,9-16)19-13-5-3-4-10-11-8-17-7-6-12(11)18-14(10)13/h3-5,17-18H,6-9,16H2,1-2H3. The first-order valence-corrected chi connectivity index (χ1v) is 6.83. The Morgan fingerprint density at radius 3 is 3.00 bits per heavy atom. The number of benzene rings is 1. The summed E-state index contributed by atoms with van der Waals surface area (Å²) >= 11 is 0. The summed E-state index contributed by atoms with van der Waals surface area (Å²) in [6.07, 6.45) is 1.05. The lowest BCUT2D eigenvalue weighted by Gasteiger charge is -2.24. The van der Waals surface area contributed by atoms with Crippen LogP contribution in [0.1, 0.15) is 25.1 Å². The number of H-pyrrole nitrogens is 1. The van der Waals surface area contributed by atoms with E-state index in [4.69, 9.17) is 10.5 Å².